The fraction of sp³-hybridized carbons (Fsp3) is 0.267. The second-order valence-electron chi connectivity index (χ2n) is 10.0. The topological polar surface area (TPSA) is 65.7 Å². The molecule has 0 unspecified atom stereocenters. The van der Waals surface area contributed by atoms with Crippen molar-refractivity contribution >= 4 is 11.6 Å². The minimum absolute atomic E-state index is 0.00923. The van der Waals surface area contributed by atoms with Crippen molar-refractivity contribution in [3.63, 3.8) is 0 Å². The van der Waals surface area contributed by atoms with Gasteiger partial charge >= 0.3 is 0 Å². The number of aromatic nitrogens is 2. The fourth-order valence-corrected chi connectivity index (χ4v) is 6.54. The van der Waals surface area contributed by atoms with Crippen molar-refractivity contribution in [2.24, 2.45) is 0 Å². The van der Waals surface area contributed by atoms with Crippen molar-refractivity contribution in [2.45, 2.75) is 51.4 Å². The molecule has 1 fully saturated rings. The van der Waals surface area contributed by atoms with Crippen LogP contribution in [0.15, 0.2) is 48.5 Å². The zero-order chi connectivity index (χ0) is 23.1. The molecule has 3 aliphatic carbocycles. The maximum absolute atomic E-state index is 13.5. The predicted molar refractivity (Wildman–Crippen MR) is 132 cm³/mol. The molecule has 0 aliphatic heterocycles. The van der Waals surface area contributed by atoms with E-state index < -0.39 is 11.8 Å². The van der Waals surface area contributed by atoms with Gasteiger partial charge in [-0.25, -0.2) is 0 Å². The number of hydrogen-bond donors (Lipinski definition) is 2. The summed E-state index contributed by atoms with van der Waals surface area (Å²) >= 11 is 0. The highest BCUT2D eigenvalue weighted by Gasteiger charge is 2.53. The number of benzene rings is 2. The van der Waals surface area contributed by atoms with Crippen LogP contribution in [0.4, 0.5) is 0 Å². The summed E-state index contributed by atoms with van der Waals surface area (Å²) < 4.78 is 0. The number of carbonyl (C=O) groups is 2. The Morgan fingerprint density at radius 1 is 0.618 bits per heavy atom. The van der Waals surface area contributed by atoms with Crippen LogP contribution in [0.25, 0.3) is 22.5 Å². The highest BCUT2D eigenvalue weighted by Crippen LogP contribution is 2.47. The first kappa shape index (κ1) is 19.8. The molecule has 0 saturated heterocycles. The van der Waals surface area contributed by atoms with Crippen molar-refractivity contribution in [2.75, 3.05) is 0 Å². The number of Topliss-reactive ketones (excluding diaryl/α,β-unsaturated/α-hetero) is 2. The van der Waals surface area contributed by atoms with Gasteiger partial charge in [0.25, 0.3) is 0 Å². The molecule has 2 heterocycles. The molecule has 2 aromatic heterocycles. The zero-order valence-corrected chi connectivity index (χ0v) is 19.4. The number of fused-ring (bicyclic) bond motifs is 6. The zero-order valence-electron chi connectivity index (χ0n) is 19.4. The highest BCUT2D eigenvalue weighted by molar-refractivity contribution is 6.31. The summed E-state index contributed by atoms with van der Waals surface area (Å²) in [5, 5.41) is 0. The number of ketones is 2. The van der Waals surface area contributed by atoms with Gasteiger partial charge in [-0.2, -0.15) is 0 Å². The van der Waals surface area contributed by atoms with Crippen molar-refractivity contribution in [3.8, 4) is 22.5 Å². The van der Waals surface area contributed by atoms with Crippen LogP contribution < -0.4 is 0 Å². The monoisotopic (exact) mass is 446 g/mol. The van der Waals surface area contributed by atoms with Crippen molar-refractivity contribution in [1.82, 2.24) is 9.97 Å². The number of hydrogen-bond acceptors (Lipinski definition) is 2. The first-order chi connectivity index (χ1) is 16.5. The number of carbonyl (C=O) groups excluding carboxylic acids is 2. The van der Waals surface area contributed by atoms with E-state index in [1.54, 1.807) is 0 Å². The average molecular weight is 447 g/mol. The van der Waals surface area contributed by atoms with Crippen molar-refractivity contribution in [3.05, 3.63) is 93.3 Å². The van der Waals surface area contributed by atoms with Gasteiger partial charge in [0.1, 0.15) is 11.8 Å². The van der Waals surface area contributed by atoms with Crippen LogP contribution in [-0.4, -0.2) is 21.5 Å². The molecule has 4 nitrogen and oxygen atoms in total. The van der Waals surface area contributed by atoms with Gasteiger partial charge < -0.3 is 9.97 Å². The summed E-state index contributed by atoms with van der Waals surface area (Å²) in [6, 6.07) is 16.8. The smallest absolute Gasteiger partial charge is 0.165 e. The fourth-order valence-electron chi connectivity index (χ4n) is 6.54. The first-order valence-electron chi connectivity index (χ1n) is 12.2. The third-order valence-corrected chi connectivity index (χ3v) is 8.41. The van der Waals surface area contributed by atoms with Gasteiger partial charge in [-0.05, 0) is 72.9 Å². The van der Waals surface area contributed by atoms with Crippen LogP contribution in [0, 0.1) is 13.8 Å². The second-order valence-corrected chi connectivity index (χ2v) is 10.0. The van der Waals surface area contributed by atoms with Gasteiger partial charge in [0.2, 0.25) is 0 Å². The Balaban J connectivity index is 1.26. The molecule has 7 rings (SSSR count). The number of nitrogens with one attached hydrogen (secondary N) is 2. The SMILES string of the molecule is Cc1c(C2C(=O)C(c3[nH]c4c(c3C)CCc3ccccc3-4)C2=O)[nH]c2c1CCc1ccccc1-2. The Labute approximate surface area is 198 Å². The Hall–Kier alpha value is -3.66. The minimum Gasteiger partial charge on any atom is -0.357 e. The van der Waals surface area contributed by atoms with E-state index in [4.69, 9.17) is 0 Å². The molecule has 0 bridgehead atoms. The number of aromatic amines is 2. The normalized spacial score (nSPS) is 20.3. The molecule has 34 heavy (non-hydrogen) atoms. The highest BCUT2D eigenvalue weighted by atomic mass is 16.2. The van der Waals surface area contributed by atoms with E-state index in [1.807, 2.05) is 12.1 Å². The molecule has 1 saturated carbocycles. The Kier molecular flexibility index (Phi) is 4.03. The van der Waals surface area contributed by atoms with Gasteiger partial charge in [-0.15, -0.1) is 0 Å². The standard InChI is InChI=1S/C30H26N2O2/c1-15-19-13-11-17-7-3-5-9-21(17)27(19)31-25(15)23-29(33)24(30(23)34)26-16(2)20-14-12-18-8-4-6-10-22(18)28(20)32-26/h3-10,23-24,31-32H,11-14H2,1-2H3. The molecule has 0 spiro atoms. The first-order valence-corrected chi connectivity index (χ1v) is 12.2. The maximum Gasteiger partial charge on any atom is 0.165 e. The lowest BCUT2D eigenvalue weighted by molar-refractivity contribution is -0.142. The van der Waals surface area contributed by atoms with E-state index in [9.17, 15) is 9.59 Å². The van der Waals surface area contributed by atoms with Gasteiger partial charge in [0, 0.05) is 33.9 Å². The van der Waals surface area contributed by atoms with Gasteiger partial charge in [-0.1, -0.05) is 48.5 Å². The van der Waals surface area contributed by atoms with E-state index in [1.165, 1.54) is 33.4 Å². The minimum atomic E-state index is -0.685. The maximum atomic E-state index is 13.5. The molecule has 4 heteroatoms. The van der Waals surface area contributed by atoms with Gasteiger partial charge in [0.15, 0.2) is 11.6 Å². The van der Waals surface area contributed by atoms with Crippen LogP contribution in [0.3, 0.4) is 0 Å². The molecule has 0 atom stereocenters. The molecule has 168 valence electrons. The van der Waals surface area contributed by atoms with E-state index in [0.717, 1.165) is 59.6 Å². The number of aryl methyl sites for hydroxylation is 2. The van der Waals surface area contributed by atoms with Crippen LogP contribution >= 0.6 is 0 Å². The Morgan fingerprint density at radius 2 is 1.03 bits per heavy atom. The quantitative estimate of drug-likeness (QED) is 0.399. The second kappa shape index (κ2) is 6.92. The Bertz CT molecular complexity index is 1410. The third kappa shape index (κ3) is 2.48. The van der Waals surface area contributed by atoms with Crippen LogP contribution in [0.5, 0.6) is 0 Å². The van der Waals surface area contributed by atoms with Gasteiger partial charge in [0.05, 0.1) is 0 Å². The largest absolute Gasteiger partial charge is 0.357 e. The van der Waals surface area contributed by atoms with Crippen LogP contribution in [0.1, 0.15) is 56.6 Å². The lowest BCUT2D eigenvalue weighted by atomic mass is 9.67. The summed E-state index contributed by atoms with van der Waals surface area (Å²) in [6.45, 7) is 4.12. The van der Waals surface area contributed by atoms with Crippen molar-refractivity contribution < 1.29 is 9.59 Å². The summed E-state index contributed by atoms with van der Waals surface area (Å²) in [6.07, 6.45) is 3.86. The van der Waals surface area contributed by atoms with E-state index in [2.05, 4.69) is 60.2 Å². The molecule has 4 aromatic rings. The molecular formula is C30H26N2O2. The summed E-state index contributed by atoms with van der Waals surface area (Å²) in [5.74, 6) is -1.35. The molecule has 0 amide bonds. The van der Waals surface area contributed by atoms with E-state index in [-0.39, 0.29) is 11.6 Å². The summed E-state index contributed by atoms with van der Waals surface area (Å²) in [7, 11) is 0. The predicted octanol–water partition coefficient (Wildman–Crippen LogP) is 5.51. The summed E-state index contributed by atoms with van der Waals surface area (Å²) in [4.78, 5) is 34.1. The molecule has 2 N–H and O–H groups in total. The average Bonchev–Trinajstić information content (AvgIpc) is 3.36. The summed E-state index contributed by atoms with van der Waals surface area (Å²) in [5.41, 5.74) is 13.4. The number of rotatable bonds is 2. The lowest BCUT2D eigenvalue weighted by Crippen LogP contribution is -2.45. The lowest BCUT2D eigenvalue weighted by Gasteiger charge is -2.32. The van der Waals surface area contributed by atoms with Crippen LogP contribution in [-0.2, 0) is 35.3 Å². The molecule has 3 aliphatic rings. The molecular weight excluding hydrogens is 420 g/mol. The Morgan fingerprint density at radius 3 is 1.47 bits per heavy atom. The van der Waals surface area contributed by atoms with E-state index in [0.29, 0.717) is 0 Å². The third-order valence-electron chi connectivity index (χ3n) is 8.41. The molecule has 0 radical (unpaired) electrons. The molecule has 2 aromatic carbocycles. The number of H-pyrrole nitrogens is 2. The van der Waals surface area contributed by atoms with Gasteiger partial charge in [-0.3, -0.25) is 9.59 Å². The van der Waals surface area contributed by atoms with Crippen molar-refractivity contribution in [1.29, 1.82) is 0 Å². The van der Waals surface area contributed by atoms with Crippen LogP contribution in [0.2, 0.25) is 0 Å². The van der Waals surface area contributed by atoms with E-state index >= 15 is 0 Å².